The Balaban J connectivity index is 1.64. The van der Waals surface area contributed by atoms with Crippen LogP contribution in [0.15, 0.2) is 11.6 Å². The average Bonchev–Trinajstić information content (AvgIpc) is 2.82. The van der Waals surface area contributed by atoms with Crippen LogP contribution in [-0.2, 0) is 4.79 Å². The topological polar surface area (TPSA) is 118 Å². The highest BCUT2D eigenvalue weighted by atomic mass is 16.4. The zero-order chi connectivity index (χ0) is 26.5. The largest absolute Gasteiger partial charge is 0.481 e. The molecule has 4 saturated carbocycles. The summed E-state index contributed by atoms with van der Waals surface area (Å²) in [4.78, 5) is 12.8. The lowest BCUT2D eigenvalue weighted by Gasteiger charge is -2.72. The minimum atomic E-state index is -1.08. The van der Waals surface area contributed by atoms with Crippen molar-refractivity contribution in [2.45, 2.75) is 104 Å². The third kappa shape index (κ3) is 2.91. The quantitative estimate of drug-likeness (QED) is 0.369. The number of hydrogen-bond donors (Lipinski definition) is 5. The average molecular weight is 505 g/mol. The van der Waals surface area contributed by atoms with Crippen LogP contribution in [0.2, 0.25) is 0 Å². The Bertz CT molecular complexity index is 953. The first kappa shape index (κ1) is 26.6. The Morgan fingerprint density at radius 2 is 1.61 bits per heavy atom. The summed E-state index contributed by atoms with van der Waals surface area (Å²) in [6, 6.07) is 0. The van der Waals surface area contributed by atoms with Gasteiger partial charge in [0.1, 0.15) is 0 Å². The zero-order valence-corrected chi connectivity index (χ0v) is 22.9. The Hall–Kier alpha value is -0.950. The van der Waals surface area contributed by atoms with Gasteiger partial charge in [-0.25, -0.2) is 0 Å². The van der Waals surface area contributed by atoms with Gasteiger partial charge >= 0.3 is 5.97 Å². The van der Waals surface area contributed by atoms with Gasteiger partial charge in [-0.1, -0.05) is 39.3 Å². The molecule has 0 saturated heterocycles. The molecule has 0 aromatic rings. The van der Waals surface area contributed by atoms with E-state index >= 15 is 0 Å². The third-order valence-electron chi connectivity index (χ3n) is 13.7. The number of carboxylic acid groups (broad SMARTS) is 1. The summed E-state index contributed by atoms with van der Waals surface area (Å²) in [6.07, 6.45) is 8.31. The van der Waals surface area contributed by atoms with Crippen molar-refractivity contribution in [2.24, 2.45) is 50.7 Å². The van der Waals surface area contributed by atoms with E-state index in [4.69, 9.17) is 0 Å². The monoisotopic (exact) mass is 504 g/mol. The van der Waals surface area contributed by atoms with Crippen molar-refractivity contribution < 1.29 is 30.3 Å². The summed E-state index contributed by atoms with van der Waals surface area (Å²) < 4.78 is 0. The molecular formula is C30H48O6. The molecule has 5 aliphatic rings. The van der Waals surface area contributed by atoms with Crippen LogP contribution in [0.4, 0.5) is 0 Å². The minimum Gasteiger partial charge on any atom is -0.481 e. The van der Waals surface area contributed by atoms with Gasteiger partial charge in [0.15, 0.2) is 0 Å². The lowest BCUT2D eigenvalue weighted by atomic mass is 9.33. The molecule has 4 fully saturated rings. The fourth-order valence-corrected chi connectivity index (χ4v) is 11.0. The number of aliphatic hydroxyl groups is 4. The van der Waals surface area contributed by atoms with E-state index in [9.17, 15) is 30.3 Å². The molecule has 0 aromatic carbocycles. The van der Waals surface area contributed by atoms with Gasteiger partial charge in [-0.3, -0.25) is 4.79 Å². The van der Waals surface area contributed by atoms with Crippen molar-refractivity contribution in [3.63, 3.8) is 0 Å². The minimum absolute atomic E-state index is 0.0277. The smallest absolute Gasteiger partial charge is 0.310 e. The number of hydrogen-bond acceptors (Lipinski definition) is 5. The van der Waals surface area contributed by atoms with E-state index in [1.807, 2.05) is 6.92 Å². The van der Waals surface area contributed by atoms with Crippen LogP contribution in [0.5, 0.6) is 0 Å². The van der Waals surface area contributed by atoms with E-state index in [1.165, 1.54) is 5.57 Å². The Kier molecular flexibility index (Phi) is 5.95. The molecule has 0 amide bonds. The van der Waals surface area contributed by atoms with E-state index in [0.29, 0.717) is 25.2 Å². The molecule has 6 nitrogen and oxygen atoms in total. The summed E-state index contributed by atoms with van der Waals surface area (Å²) in [7, 11) is 0. The summed E-state index contributed by atoms with van der Waals surface area (Å²) >= 11 is 0. The zero-order valence-electron chi connectivity index (χ0n) is 22.9. The van der Waals surface area contributed by atoms with Gasteiger partial charge in [-0.15, -0.1) is 0 Å². The molecule has 204 valence electrons. The number of carboxylic acids is 1. The van der Waals surface area contributed by atoms with Gasteiger partial charge in [0.2, 0.25) is 0 Å². The lowest BCUT2D eigenvalue weighted by molar-refractivity contribution is -0.235. The van der Waals surface area contributed by atoms with Gasteiger partial charge in [0.25, 0.3) is 0 Å². The lowest BCUT2D eigenvalue weighted by Crippen LogP contribution is -2.68. The molecule has 0 heterocycles. The predicted octanol–water partition coefficient (Wildman–Crippen LogP) is 4.15. The van der Waals surface area contributed by atoms with Gasteiger partial charge in [0.05, 0.1) is 30.3 Å². The molecular weight excluding hydrogens is 456 g/mol. The maximum Gasteiger partial charge on any atom is 0.310 e. The molecule has 0 spiro atoms. The normalized spacial score (nSPS) is 53.8. The molecule has 10 atom stereocenters. The van der Waals surface area contributed by atoms with Crippen LogP contribution in [0.1, 0.15) is 92.4 Å². The molecule has 6 heteroatoms. The van der Waals surface area contributed by atoms with Crippen molar-refractivity contribution >= 4 is 5.97 Å². The summed E-state index contributed by atoms with van der Waals surface area (Å²) in [5, 5.41) is 54.3. The van der Waals surface area contributed by atoms with Crippen LogP contribution < -0.4 is 0 Å². The van der Waals surface area contributed by atoms with Crippen molar-refractivity contribution in [3.05, 3.63) is 11.6 Å². The summed E-state index contributed by atoms with van der Waals surface area (Å²) in [6.45, 7) is 10.6. The van der Waals surface area contributed by atoms with Gasteiger partial charge in [-0.2, -0.15) is 0 Å². The van der Waals surface area contributed by atoms with Gasteiger partial charge in [-0.05, 0) is 98.7 Å². The predicted molar refractivity (Wildman–Crippen MR) is 137 cm³/mol. The van der Waals surface area contributed by atoms with Gasteiger partial charge < -0.3 is 25.5 Å². The van der Waals surface area contributed by atoms with Crippen LogP contribution in [-0.4, -0.2) is 56.4 Å². The molecule has 5 aliphatic carbocycles. The molecule has 1 unspecified atom stereocenters. The maximum absolute atomic E-state index is 12.8. The fraction of sp³-hybridized carbons (Fsp3) is 0.900. The highest BCUT2D eigenvalue weighted by molar-refractivity contribution is 5.77. The molecule has 0 aliphatic heterocycles. The molecule has 36 heavy (non-hydrogen) atoms. The SMILES string of the molecule is C[C@@H]1CC[C@]2(C(=O)O)CC[C@]3(C)C(=CC[C@@H]4[C@@]5(C)CC[C@@H](O)C(CO)(CO)C5CC[C@]43C)[C@@H]2[C@]1(C)O. The van der Waals surface area contributed by atoms with Crippen molar-refractivity contribution in [3.8, 4) is 0 Å². The van der Waals surface area contributed by atoms with Crippen molar-refractivity contribution in [1.82, 2.24) is 0 Å². The molecule has 0 radical (unpaired) electrons. The molecule has 5 rings (SSSR count). The second-order valence-electron chi connectivity index (χ2n) is 14.5. The van der Waals surface area contributed by atoms with E-state index < -0.39 is 34.4 Å². The van der Waals surface area contributed by atoms with Crippen molar-refractivity contribution in [1.29, 1.82) is 0 Å². The third-order valence-corrected chi connectivity index (χ3v) is 13.7. The highest BCUT2D eigenvalue weighted by Crippen LogP contribution is 2.76. The number of aliphatic carboxylic acids is 1. The van der Waals surface area contributed by atoms with Crippen LogP contribution >= 0.6 is 0 Å². The highest BCUT2D eigenvalue weighted by Gasteiger charge is 2.72. The summed E-state index contributed by atoms with van der Waals surface area (Å²) in [5.74, 6) is -0.796. The fourth-order valence-electron chi connectivity index (χ4n) is 11.0. The second-order valence-corrected chi connectivity index (χ2v) is 14.5. The van der Waals surface area contributed by atoms with E-state index in [0.717, 1.165) is 38.5 Å². The van der Waals surface area contributed by atoms with Crippen molar-refractivity contribution in [2.75, 3.05) is 13.2 Å². The molecule has 0 aromatic heterocycles. The number of aliphatic hydroxyl groups excluding tert-OH is 3. The standard InChI is InChI=1S/C30H48O6/c1-18-8-13-29(24(34)35)15-14-26(3)19(23(29)28(18,5)36)6-7-20-25(2)11-10-22(33)30(16-31,17-32)21(25)9-12-27(20,26)4/h6,18,20-23,31-33,36H,7-17H2,1-5H3,(H,34,35)/t18-,20-,21?,22-,23-,25-,26-,27-,28-,29+/m1/s1. The maximum atomic E-state index is 12.8. The number of carbonyl (C=O) groups is 1. The molecule has 0 bridgehead atoms. The Morgan fingerprint density at radius 3 is 2.22 bits per heavy atom. The van der Waals surface area contributed by atoms with Gasteiger partial charge in [0, 0.05) is 11.3 Å². The van der Waals surface area contributed by atoms with E-state index in [2.05, 4.69) is 33.8 Å². The first-order valence-corrected chi connectivity index (χ1v) is 14.3. The first-order chi connectivity index (χ1) is 16.7. The van der Waals surface area contributed by atoms with E-state index in [-0.39, 0.29) is 41.3 Å². The van der Waals surface area contributed by atoms with E-state index in [1.54, 1.807) is 0 Å². The Labute approximate surface area is 216 Å². The van der Waals surface area contributed by atoms with Crippen LogP contribution in [0.3, 0.4) is 0 Å². The number of allylic oxidation sites excluding steroid dienone is 1. The number of fused-ring (bicyclic) bond motifs is 7. The molecule has 5 N–H and O–H groups in total. The Morgan fingerprint density at radius 1 is 0.944 bits per heavy atom. The number of rotatable bonds is 3. The van der Waals surface area contributed by atoms with Crippen LogP contribution in [0.25, 0.3) is 0 Å². The summed E-state index contributed by atoms with van der Waals surface area (Å²) in [5.41, 5.74) is -2.18. The van der Waals surface area contributed by atoms with Crippen LogP contribution in [0, 0.1) is 50.7 Å². The first-order valence-electron chi connectivity index (χ1n) is 14.3. The second kappa shape index (κ2) is 8.03.